The van der Waals surface area contributed by atoms with Gasteiger partial charge in [-0.3, -0.25) is 9.59 Å². The van der Waals surface area contributed by atoms with Gasteiger partial charge in [-0.25, -0.2) is 0 Å². The fraction of sp³-hybridized carbons (Fsp3) is 0.308. The summed E-state index contributed by atoms with van der Waals surface area (Å²) >= 11 is 5.11. The number of aldehydes is 1. The maximum Gasteiger partial charge on any atom is 0.251 e. The summed E-state index contributed by atoms with van der Waals surface area (Å²) in [4.78, 5) is 24.4. The molecule has 0 atom stereocenters. The molecule has 1 aliphatic heterocycles. The second kappa shape index (κ2) is 6.29. The molecule has 0 aromatic heterocycles. The van der Waals surface area contributed by atoms with Gasteiger partial charge in [0, 0.05) is 37.3 Å². The maximum absolute atomic E-state index is 11.8. The molecule has 1 fully saturated rings. The van der Waals surface area contributed by atoms with Crippen molar-refractivity contribution in [1.29, 1.82) is 0 Å². The topological polar surface area (TPSA) is 61.4 Å². The van der Waals surface area contributed by atoms with Crippen molar-refractivity contribution >= 4 is 29.5 Å². The molecule has 100 valence electrons. The Balaban J connectivity index is 1.80. The number of rotatable bonds is 5. The Morgan fingerprint density at radius 2 is 2.16 bits per heavy atom. The monoisotopic (exact) mass is 277 g/mol. The van der Waals surface area contributed by atoms with Crippen LogP contribution >= 0.6 is 12.2 Å². The van der Waals surface area contributed by atoms with Crippen molar-refractivity contribution in [2.75, 3.05) is 26.2 Å². The standard InChI is InChI=1S/C13H15N3O2S/c17-9-10-1-3-11(4-2-10)12(18)14-5-7-16-8-6-15-13(16)19/h1-4,9H,5-8H2,(H,14,18)(H,15,19). The van der Waals surface area contributed by atoms with Crippen LogP contribution < -0.4 is 10.6 Å². The van der Waals surface area contributed by atoms with Gasteiger partial charge in [0.25, 0.3) is 5.91 Å². The van der Waals surface area contributed by atoms with Gasteiger partial charge in [-0.2, -0.15) is 0 Å². The molecular formula is C13H15N3O2S. The lowest BCUT2D eigenvalue weighted by molar-refractivity contribution is 0.0951. The number of carbonyl (C=O) groups is 2. The zero-order chi connectivity index (χ0) is 13.7. The van der Waals surface area contributed by atoms with Gasteiger partial charge in [0.2, 0.25) is 0 Å². The summed E-state index contributed by atoms with van der Waals surface area (Å²) in [6.45, 7) is 2.97. The Morgan fingerprint density at radius 3 is 2.74 bits per heavy atom. The van der Waals surface area contributed by atoms with Crippen LogP contribution in [0.5, 0.6) is 0 Å². The third kappa shape index (κ3) is 3.51. The Bertz CT molecular complexity index is 487. The summed E-state index contributed by atoms with van der Waals surface area (Å²) in [5.74, 6) is -0.143. The number of amides is 1. The van der Waals surface area contributed by atoms with Gasteiger partial charge in [-0.1, -0.05) is 12.1 Å². The molecule has 5 nitrogen and oxygen atoms in total. The highest BCUT2D eigenvalue weighted by molar-refractivity contribution is 7.80. The number of hydrogen-bond donors (Lipinski definition) is 2. The van der Waals surface area contributed by atoms with Crippen LogP contribution in [0.4, 0.5) is 0 Å². The number of hydrogen-bond acceptors (Lipinski definition) is 3. The molecule has 0 unspecified atom stereocenters. The molecular weight excluding hydrogens is 262 g/mol. The molecule has 6 heteroatoms. The van der Waals surface area contributed by atoms with Crippen LogP contribution in [-0.4, -0.2) is 48.4 Å². The largest absolute Gasteiger partial charge is 0.361 e. The molecule has 1 saturated heterocycles. The van der Waals surface area contributed by atoms with Gasteiger partial charge in [0.1, 0.15) is 6.29 Å². The zero-order valence-corrected chi connectivity index (χ0v) is 11.2. The van der Waals surface area contributed by atoms with Gasteiger partial charge < -0.3 is 15.5 Å². The van der Waals surface area contributed by atoms with E-state index < -0.39 is 0 Å². The first-order chi connectivity index (χ1) is 9.20. The van der Waals surface area contributed by atoms with Crippen molar-refractivity contribution in [3.8, 4) is 0 Å². The van der Waals surface area contributed by atoms with E-state index in [0.717, 1.165) is 24.5 Å². The molecule has 1 aromatic carbocycles. The highest BCUT2D eigenvalue weighted by atomic mass is 32.1. The van der Waals surface area contributed by atoms with Crippen molar-refractivity contribution in [3.05, 3.63) is 35.4 Å². The van der Waals surface area contributed by atoms with Crippen molar-refractivity contribution < 1.29 is 9.59 Å². The summed E-state index contributed by atoms with van der Waals surface area (Å²) in [7, 11) is 0. The van der Waals surface area contributed by atoms with Crippen LogP contribution in [-0.2, 0) is 0 Å². The summed E-state index contributed by atoms with van der Waals surface area (Å²) in [6.07, 6.45) is 0.753. The number of benzene rings is 1. The Hall–Kier alpha value is -1.95. The molecule has 1 aromatic rings. The van der Waals surface area contributed by atoms with Crippen molar-refractivity contribution in [2.45, 2.75) is 0 Å². The summed E-state index contributed by atoms with van der Waals surface area (Å²) in [5.41, 5.74) is 1.11. The SMILES string of the molecule is O=Cc1ccc(C(=O)NCCN2CCNC2=S)cc1. The van der Waals surface area contributed by atoms with Gasteiger partial charge >= 0.3 is 0 Å². The van der Waals surface area contributed by atoms with E-state index in [1.165, 1.54) is 0 Å². The minimum atomic E-state index is -0.143. The highest BCUT2D eigenvalue weighted by Crippen LogP contribution is 2.02. The van der Waals surface area contributed by atoms with E-state index in [1.807, 2.05) is 4.90 Å². The van der Waals surface area contributed by atoms with Crippen LogP contribution in [0.15, 0.2) is 24.3 Å². The lowest BCUT2D eigenvalue weighted by atomic mass is 10.1. The first-order valence-electron chi connectivity index (χ1n) is 6.07. The number of nitrogens with one attached hydrogen (secondary N) is 2. The van der Waals surface area contributed by atoms with Gasteiger partial charge in [0.05, 0.1) is 0 Å². The fourth-order valence-corrected chi connectivity index (χ4v) is 2.13. The van der Waals surface area contributed by atoms with E-state index in [2.05, 4.69) is 10.6 Å². The van der Waals surface area contributed by atoms with E-state index in [4.69, 9.17) is 12.2 Å². The Kier molecular flexibility index (Phi) is 4.46. The summed E-state index contributed by atoms with van der Waals surface area (Å²) in [5, 5.41) is 6.63. The van der Waals surface area contributed by atoms with E-state index >= 15 is 0 Å². The minimum absolute atomic E-state index is 0.143. The third-order valence-electron chi connectivity index (χ3n) is 2.92. The Morgan fingerprint density at radius 1 is 1.42 bits per heavy atom. The molecule has 0 radical (unpaired) electrons. The van der Waals surface area contributed by atoms with Gasteiger partial charge in [-0.05, 0) is 24.4 Å². The van der Waals surface area contributed by atoms with E-state index in [1.54, 1.807) is 24.3 Å². The molecule has 0 aliphatic carbocycles. The molecule has 0 spiro atoms. The zero-order valence-electron chi connectivity index (χ0n) is 10.4. The molecule has 1 aliphatic rings. The molecule has 0 bridgehead atoms. The lowest BCUT2D eigenvalue weighted by Crippen LogP contribution is -2.36. The van der Waals surface area contributed by atoms with Crippen LogP contribution in [0, 0.1) is 0 Å². The van der Waals surface area contributed by atoms with E-state index in [9.17, 15) is 9.59 Å². The van der Waals surface area contributed by atoms with E-state index in [0.29, 0.717) is 24.2 Å². The average Bonchev–Trinajstić information content (AvgIpc) is 2.84. The number of thiocarbonyl (C=S) groups is 1. The first-order valence-corrected chi connectivity index (χ1v) is 6.48. The van der Waals surface area contributed by atoms with Gasteiger partial charge in [0.15, 0.2) is 5.11 Å². The van der Waals surface area contributed by atoms with Crippen molar-refractivity contribution in [3.63, 3.8) is 0 Å². The van der Waals surface area contributed by atoms with Crippen LogP contribution in [0.2, 0.25) is 0 Å². The second-order valence-electron chi connectivity index (χ2n) is 4.21. The fourth-order valence-electron chi connectivity index (χ4n) is 1.84. The predicted octanol–water partition coefficient (Wildman–Crippen LogP) is 0.419. The van der Waals surface area contributed by atoms with Crippen molar-refractivity contribution in [2.24, 2.45) is 0 Å². The molecule has 19 heavy (non-hydrogen) atoms. The molecule has 2 rings (SSSR count). The third-order valence-corrected chi connectivity index (χ3v) is 3.32. The molecule has 1 amide bonds. The van der Waals surface area contributed by atoms with Crippen LogP contribution in [0.3, 0.4) is 0 Å². The molecule has 1 heterocycles. The lowest BCUT2D eigenvalue weighted by Gasteiger charge is -2.16. The smallest absolute Gasteiger partial charge is 0.251 e. The van der Waals surface area contributed by atoms with Crippen LogP contribution in [0.25, 0.3) is 0 Å². The normalized spacial score (nSPS) is 14.1. The van der Waals surface area contributed by atoms with Gasteiger partial charge in [-0.15, -0.1) is 0 Å². The maximum atomic E-state index is 11.8. The predicted molar refractivity (Wildman–Crippen MR) is 76.3 cm³/mol. The van der Waals surface area contributed by atoms with Crippen molar-refractivity contribution in [1.82, 2.24) is 15.5 Å². The highest BCUT2D eigenvalue weighted by Gasteiger charge is 2.15. The number of nitrogens with zero attached hydrogens (tertiary/aromatic N) is 1. The average molecular weight is 277 g/mol. The summed E-state index contributed by atoms with van der Waals surface area (Å²) in [6, 6.07) is 6.53. The Labute approximate surface area is 117 Å². The number of carbonyl (C=O) groups excluding carboxylic acids is 2. The van der Waals surface area contributed by atoms with E-state index in [-0.39, 0.29) is 5.91 Å². The second-order valence-corrected chi connectivity index (χ2v) is 4.60. The quantitative estimate of drug-likeness (QED) is 0.603. The first kappa shape index (κ1) is 13.5. The minimum Gasteiger partial charge on any atom is -0.361 e. The molecule has 0 saturated carbocycles. The summed E-state index contributed by atoms with van der Waals surface area (Å²) < 4.78 is 0. The molecule has 2 N–H and O–H groups in total. The van der Waals surface area contributed by atoms with Crippen LogP contribution in [0.1, 0.15) is 20.7 Å².